The molecule has 1 aromatic carbocycles. The number of carboxylic acid groups (broad SMARTS) is 1. The van der Waals surface area contributed by atoms with Gasteiger partial charge < -0.3 is 10.0 Å². The SMILES string of the molecule is Cc1ccc(-c2nc(N3CCCC3)sc2CC(=O)O)c(C)c1. The van der Waals surface area contributed by atoms with Crippen LogP contribution in [-0.4, -0.2) is 29.1 Å². The van der Waals surface area contributed by atoms with E-state index in [0.717, 1.165) is 39.9 Å². The molecule has 3 rings (SSSR count). The minimum atomic E-state index is -0.803. The van der Waals surface area contributed by atoms with Crippen LogP contribution < -0.4 is 4.90 Å². The number of aryl methyl sites for hydroxylation is 2. The van der Waals surface area contributed by atoms with Crippen molar-refractivity contribution in [3.05, 3.63) is 34.2 Å². The number of aromatic nitrogens is 1. The Morgan fingerprint density at radius 2 is 2.05 bits per heavy atom. The number of nitrogens with zero attached hydrogens (tertiary/aromatic N) is 2. The van der Waals surface area contributed by atoms with E-state index < -0.39 is 5.97 Å². The second-order valence-electron chi connectivity index (χ2n) is 5.85. The van der Waals surface area contributed by atoms with Crippen LogP contribution in [-0.2, 0) is 11.2 Å². The predicted octanol–water partition coefficient (Wildman–Crippen LogP) is 3.65. The molecule has 0 amide bonds. The van der Waals surface area contributed by atoms with E-state index in [1.165, 1.54) is 29.7 Å². The number of thiazole rings is 1. The zero-order chi connectivity index (χ0) is 15.7. The van der Waals surface area contributed by atoms with Gasteiger partial charge in [0.15, 0.2) is 5.13 Å². The van der Waals surface area contributed by atoms with Crippen molar-refractivity contribution < 1.29 is 9.90 Å². The van der Waals surface area contributed by atoms with Gasteiger partial charge in [-0.1, -0.05) is 23.8 Å². The summed E-state index contributed by atoms with van der Waals surface area (Å²) < 4.78 is 0. The minimum absolute atomic E-state index is 0.0359. The molecule has 0 radical (unpaired) electrons. The summed E-state index contributed by atoms with van der Waals surface area (Å²) in [5.74, 6) is -0.803. The zero-order valence-electron chi connectivity index (χ0n) is 12.9. The van der Waals surface area contributed by atoms with Crippen molar-refractivity contribution in [3.63, 3.8) is 0 Å². The second kappa shape index (κ2) is 6.08. The van der Waals surface area contributed by atoms with Crippen LogP contribution in [0.5, 0.6) is 0 Å². The first-order valence-electron chi connectivity index (χ1n) is 7.58. The molecule has 22 heavy (non-hydrogen) atoms. The molecule has 1 aromatic heterocycles. The summed E-state index contributed by atoms with van der Waals surface area (Å²) in [7, 11) is 0. The van der Waals surface area contributed by atoms with Crippen molar-refractivity contribution in [2.45, 2.75) is 33.1 Å². The van der Waals surface area contributed by atoms with Crippen molar-refractivity contribution in [1.29, 1.82) is 0 Å². The number of hydrogen-bond donors (Lipinski definition) is 1. The first kappa shape index (κ1) is 15.0. The standard InChI is InChI=1S/C17H20N2O2S/c1-11-5-6-13(12(2)9-11)16-14(10-15(20)21)22-17(18-16)19-7-3-4-8-19/h5-6,9H,3-4,7-8,10H2,1-2H3,(H,20,21). The first-order chi connectivity index (χ1) is 10.5. The summed E-state index contributed by atoms with van der Waals surface area (Å²) in [6.07, 6.45) is 2.41. The van der Waals surface area contributed by atoms with Gasteiger partial charge in [0.05, 0.1) is 12.1 Å². The highest BCUT2D eigenvalue weighted by Crippen LogP contribution is 2.36. The number of hydrogen-bond acceptors (Lipinski definition) is 4. The lowest BCUT2D eigenvalue weighted by Gasteiger charge is -2.12. The molecule has 0 bridgehead atoms. The molecule has 0 aliphatic carbocycles. The molecule has 2 aromatic rings. The highest BCUT2D eigenvalue weighted by Gasteiger charge is 2.22. The van der Waals surface area contributed by atoms with Gasteiger partial charge in [0.1, 0.15) is 0 Å². The fraction of sp³-hybridized carbons (Fsp3) is 0.412. The summed E-state index contributed by atoms with van der Waals surface area (Å²) in [6.45, 7) is 6.16. The molecule has 0 unspecified atom stereocenters. The lowest BCUT2D eigenvalue weighted by atomic mass is 10.0. The van der Waals surface area contributed by atoms with Gasteiger partial charge in [0.2, 0.25) is 0 Å². The third kappa shape index (κ3) is 2.99. The number of carbonyl (C=O) groups is 1. The summed E-state index contributed by atoms with van der Waals surface area (Å²) >= 11 is 1.53. The van der Waals surface area contributed by atoms with Crippen LogP contribution >= 0.6 is 11.3 Å². The van der Waals surface area contributed by atoms with Gasteiger partial charge in [0, 0.05) is 23.5 Å². The first-order valence-corrected chi connectivity index (χ1v) is 8.40. The van der Waals surface area contributed by atoms with Gasteiger partial charge >= 0.3 is 5.97 Å². The smallest absolute Gasteiger partial charge is 0.308 e. The fourth-order valence-electron chi connectivity index (χ4n) is 2.93. The van der Waals surface area contributed by atoms with Crippen molar-refractivity contribution in [3.8, 4) is 11.3 Å². The Balaban J connectivity index is 2.05. The molecule has 1 aliphatic heterocycles. The number of benzene rings is 1. The Kier molecular flexibility index (Phi) is 4.16. The van der Waals surface area contributed by atoms with Crippen molar-refractivity contribution in [2.24, 2.45) is 0 Å². The monoisotopic (exact) mass is 316 g/mol. The van der Waals surface area contributed by atoms with Gasteiger partial charge in [0.25, 0.3) is 0 Å². The van der Waals surface area contributed by atoms with E-state index in [-0.39, 0.29) is 6.42 Å². The van der Waals surface area contributed by atoms with E-state index in [1.54, 1.807) is 0 Å². The van der Waals surface area contributed by atoms with Crippen molar-refractivity contribution >= 4 is 22.4 Å². The topological polar surface area (TPSA) is 53.4 Å². The quantitative estimate of drug-likeness (QED) is 0.935. The largest absolute Gasteiger partial charge is 0.481 e. The van der Waals surface area contributed by atoms with Gasteiger partial charge in [-0.2, -0.15) is 0 Å². The minimum Gasteiger partial charge on any atom is -0.481 e. The van der Waals surface area contributed by atoms with E-state index in [4.69, 9.17) is 4.98 Å². The summed E-state index contributed by atoms with van der Waals surface area (Å²) in [4.78, 5) is 19.1. The summed E-state index contributed by atoms with van der Waals surface area (Å²) in [5, 5.41) is 10.2. The van der Waals surface area contributed by atoms with Crippen LogP contribution in [0.3, 0.4) is 0 Å². The maximum absolute atomic E-state index is 11.2. The molecular weight excluding hydrogens is 296 g/mol. The zero-order valence-corrected chi connectivity index (χ0v) is 13.7. The Hall–Kier alpha value is -1.88. The second-order valence-corrected chi connectivity index (χ2v) is 6.91. The van der Waals surface area contributed by atoms with Gasteiger partial charge in [-0.3, -0.25) is 4.79 Å². The maximum Gasteiger partial charge on any atom is 0.308 e. The molecule has 4 nitrogen and oxygen atoms in total. The highest BCUT2D eigenvalue weighted by atomic mass is 32.1. The number of aliphatic carboxylic acids is 1. The van der Waals surface area contributed by atoms with Crippen LogP contribution in [0.4, 0.5) is 5.13 Å². The van der Waals surface area contributed by atoms with E-state index in [0.29, 0.717) is 0 Å². The molecule has 1 fully saturated rings. The maximum atomic E-state index is 11.2. The number of anilines is 1. The van der Waals surface area contributed by atoms with Gasteiger partial charge in [-0.15, -0.1) is 11.3 Å². The molecule has 1 saturated heterocycles. The fourth-order valence-corrected chi connectivity index (χ4v) is 4.05. The van der Waals surface area contributed by atoms with E-state index in [2.05, 4.69) is 36.9 Å². The third-order valence-electron chi connectivity index (χ3n) is 4.01. The van der Waals surface area contributed by atoms with E-state index in [1.807, 2.05) is 0 Å². The molecule has 1 N–H and O–H groups in total. The molecule has 1 aliphatic rings. The molecular formula is C17H20N2O2S. The van der Waals surface area contributed by atoms with E-state index in [9.17, 15) is 9.90 Å². The number of rotatable bonds is 4. The average molecular weight is 316 g/mol. The van der Waals surface area contributed by atoms with Gasteiger partial charge in [-0.05, 0) is 32.3 Å². The summed E-state index contributed by atoms with van der Waals surface area (Å²) in [6, 6.07) is 6.23. The molecule has 0 saturated carbocycles. The molecule has 0 atom stereocenters. The lowest BCUT2D eigenvalue weighted by Crippen LogP contribution is -2.17. The van der Waals surface area contributed by atoms with Crippen LogP contribution in [0.15, 0.2) is 18.2 Å². The van der Waals surface area contributed by atoms with Crippen LogP contribution in [0.25, 0.3) is 11.3 Å². The summed E-state index contributed by atoms with van der Waals surface area (Å²) in [5.41, 5.74) is 4.23. The Morgan fingerprint density at radius 3 is 2.68 bits per heavy atom. The Labute approximate surface area is 134 Å². The van der Waals surface area contributed by atoms with Crippen molar-refractivity contribution in [2.75, 3.05) is 18.0 Å². The average Bonchev–Trinajstić information content (AvgIpc) is 3.07. The van der Waals surface area contributed by atoms with E-state index >= 15 is 0 Å². The van der Waals surface area contributed by atoms with Crippen LogP contribution in [0, 0.1) is 13.8 Å². The predicted molar refractivity (Wildman–Crippen MR) is 89.8 cm³/mol. The lowest BCUT2D eigenvalue weighted by molar-refractivity contribution is -0.136. The Morgan fingerprint density at radius 1 is 1.32 bits per heavy atom. The molecule has 2 heterocycles. The highest BCUT2D eigenvalue weighted by molar-refractivity contribution is 7.16. The van der Waals surface area contributed by atoms with Crippen molar-refractivity contribution in [1.82, 2.24) is 4.98 Å². The Bertz CT molecular complexity index is 703. The van der Waals surface area contributed by atoms with Gasteiger partial charge in [-0.25, -0.2) is 4.98 Å². The third-order valence-corrected chi connectivity index (χ3v) is 5.13. The van der Waals surface area contributed by atoms with Crippen LogP contribution in [0.2, 0.25) is 0 Å². The molecule has 0 spiro atoms. The normalized spacial score (nSPS) is 14.5. The van der Waals surface area contributed by atoms with Crippen LogP contribution in [0.1, 0.15) is 28.8 Å². The molecule has 5 heteroatoms. The molecule has 116 valence electrons. The number of carboxylic acids is 1.